The first kappa shape index (κ1) is 19.1. The van der Waals surface area contributed by atoms with Crippen molar-refractivity contribution in [1.29, 1.82) is 0 Å². The summed E-state index contributed by atoms with van der Waals surface area (Å²) in [6, 6.07) is 20.8. The predicted octanol–water partition coefficient (Wildman–Crippen LogP) is 3.76. The van der Waals surface area contributed by atoms with E-state index in [-0.39, 0.29) is 0 Å². The van der Waals surface area contributed by atoms with E-state index in [1.807, 2.05) is 12.1 Å². The number of hydrogen-bond donors (Lipinski definition) is 2. The van der Waals surface area contributed by atoms with E-state index in [9.17, 15) is 0 Å². The largest absolute Gasteiger partial charge is 0.362 e. The minimum atomic E-state index is 0.681. The summed E-state index contributed by atoms with van der Waals surface area (Å²) in [5, 5.41) is 12.0. The summed E-state index contributed by atoms with van der Waals surface area (Å²) in [7, 11) is 0. The van der Waals surface area contributed by atoms with Crippen molar-refractivity contribution < 1.29 is 0 Å². The average Bonchev–Trinajstić information content (AvgIpc) is 2.95. The van der Waals surface area contributed by atoms with E-state index in [4.69, 9.17) is 17.3 Å². The molecular weight excluding hydrogens is 352 g/mol. The average molecular weight is 379 g/mol. The van der Waals surface area contributed by atoms with Gasteiger partial charge in [-0.3, -0.25) is 4.68 Å². The second kappa shape index (κ2) is 9.33. The fourth-order valence-electron chi connectivity index (χ4n) is 3.10. The summed E-state index contributed by atoms with van der Waals surface area (Å²) in [5.41, 5.74) is 5.99. The van der Waals surface area contributed by atoms with E-state index in [1.54, 1.807) is 0 Å². The van der Waals surface area contributed by atoms with Gasteiger partial charge in [0.05, 0.1) is 12.2 Å². The molecule has 0 bridgehead atoms. The molecule has 3 rings (SSSR count). The van der Waals surface area contributed by atoms with Crippen LogP contribution in [0.4, 0.5) is 0 Å². The summed E-state index contributed by atoms with van der Waals surface area (Å²) in [6.45, 7) is 6.46. The van der Waals surface area contributed by atoms with Crippen LogP contribution in [0.15, 0.2) is 60.7 Å². The molecule has 0 aliphatic rings. The van der Waals surface area contributed by atoms with Crippen molar-refractivity contribution in [2.75, 3.05) is 6.54 Å². The molecule has 0 spiro atoms. The van der Waals surface area contributed by atoms with Gasteiger partial charge in [0.1, 0.15) is 0 Å². The Hall–Kier alpha value is -2.66. The van der Waals surface area contributed by atoms with E-state index in [0.717, 1.165) is 25.2 Å². The zero-order valence-corrected chi connectivity index (χ0v) is 16.7. The van der Waals surface area contributed by atoms with Crippen molar-refractivity contribution in [3.63, 3.8) is 0 Å². The number of aryl methyl sites for hydroxylation is 1. The predicted molar refractivity (Wildman–Crippen MR) is 115 cm³/mol. The SMILES string of the molecule is Cc1nn(Cc2ccccc2)c(C)c1CNC(=S)NCCc1ccccc1. The van der Waals surface area contributed by atoms with Crippen LogP contribution in [0.25, 0.3) is 0 Å². The summed E-state index contributed by atoms with van der Waals surface area (Å²) < 4.78 is 2.06. The van der Waals surface area contributed by atoms with Crippen LogP contribution in [0.5, 0.6) is 0 Å². The smallest absolute Gasteiger partial charge is 0.166 e. The molecule has 0 amide bonds. The highest BCUT2D eigenvalue weighted by Crippen LogP contribution is 2.14. The highest BCUT2D eigenvalue weighted by molar-refractivity contribution is 7.80. The van der Waals surface area contributed by atoms with E-state index >= 15 is 0 Å². The molecule has 1 aromatic heterocycles. The van der Waals surface area contributed by atoms with Crippen LogP contribution in [0, 0.1) is 13.8 Å². The molecule has 0 radical (unpaired) electrons. The number of thiocarbonyl (C=S) groups is 1. The first-order valence-electron chi connectivity index (χ1n) is 9.26. The van der Waals surface area contributed by atoms with Gasteiger partial charge < -0.3 is 10.6 Å². The zero-order valence-electron chi connectivity index (χ0n) is 15.9. The Bertz CT molecular complexity index is 872. The second-order valence-corrected chi connectivity index (χ2v) is 7.05. The Kier molecular flexibility index (Phi) is 6.60. The Morgan fingerprint density at radius 2 is 1.56 bits per heavy atom. The summed E-state index contributed by atoms with van der Waals surface area (Å²) in [6.07, 6.45) is 0.954. The lowest BCUT2D eigenvalue weighted by Gasteiger charge is -2.11. The maximum atomic E-state index is 5.42. The molecule has 5 heteroatoms. The second-order valence-electron chi connectivity index (χ2n) is 6.64. The van der Waals surface area contributed by atoms with Gasteiger partial charge in [-0.05, 0) is 43.6 Å². The topological polar surface area (TPSA) is 41.9 Å². The van der Waals surface area contributed by atoms with Gasteiger partial charge in [-0.1, -0.05) is 60.7 Å². The lowest BCUT2D eigenvalue weighted by molar-refractivity contribution is 0.657. The molecule has 27 heavy (non-hydrogen) atoms. The lowest BCUT2D eigenvalue weighted by atomic mass is 10.1. The monoisotopic (exact) mass is 378 g/mol. The molecule has 0 aliphatic heterocycles. The molecule has 0 saturated carbocycles. The molecule has 0 saturated heterocycles. The van der Waals surface area contributed by atoms with Crippen LogP contribution in [0.1, 0.15) is 28.1 Å². The first-order chi connectivity index (χ1) is 13.1. The molecule has 140 valence electrons. The minimum Gasteiger partial charge on any atom is -0.362 e. The van der Waals surface area contributed by atoms with Crippen molar-refractivity contribution in [2.45, 2.75) is 33.4 Å². The molecule has 2 N–H and O–H groups in total. The van der Waals surface area contributed by atoms with Crippen LogP contribution in [0.2, 0.25) is 0 Å². The van der Waals surface area contributed by atoms with E-state index in [0.29, 0.717) is 11.7 Å². The minimum absolute atomic E-state index is 0.681. The number of benzene rings is 2. The normalized spacial score (nSPS) is 10.6. The Morgan fingerprint density at radius 3 is 2.22 bits per heavy atom. The van der Waals surface area contributed by atoms with Gasteiger partial charge in [-0.25, -0.2) is 0 Å². The van der Waals surface area contributed by atoms with Gasteiger partial charge in [0, 0.05) is 24.3 Å². The lowest BCUT2D eigenvalue weighted by Crippen LogP contribution is -2.36. The number of nitrogens with zero attached hydrogens (tertiary/aromatic N) is 2. The molecule has 2 aromatic carbocycles. The Balaban J connectivity index is 1.51. The fourth-order valence-corrected chi connectivity index (χ4v) is 3.27. The van der Waals surface area contributed by atoms with Crippen molar-refractivity contribution in [2.24, 2.45) is 0 Å². The van der Waals surface area contributed by atoms with Gasteiger partial charge >= 0.3 is 0 Å². The number of rotatable bonds is 7. The summed E-state index contributed by atoms with van der Waals surface area (Å²) >= 11 is 5.42. The standard InChI is InChI=1S/C22H26N4S/c1-17-21(18(2)26(25-17)16-20-11-7-4-8-12-20)15-24-22(27)23-14-13-19-9-5-3-6-10-19/h3-12H,13-16H2,1-2H3,(H2,23,24,27). The van der Waals surface area contributed by atoms with Crippen LogP contribution >= 0.6 is 12.2 Å². The van der Waals surface area contributed by atoms with Gasteiger partial charge in [0.2, 0.25) is 0 Å². The van der Waals surface area contributed by atoms with Gasteiger partial charge in [0.25, 0.3) is 0 Å². The summed E-state index contributed by atoms with van der Waals surface area (Å²) in [5.74, 6) is 0. The molecule has 1 heterocycles. The van der Waals surface area contributed by atoms with Crippen molar-refractivity contribution in [1.82, 2.24) is 20.4 Å². The van der Waals surface area contributed by atoms with Crippen LogP contribution in [-0.2, 0) is 19.5 Å². The van der Waals surface area contributed by atoms with Crippen molar-refractivity contribution in [3.8, 4) is 0 Å². The number of aromatic nitrogens is 2. The molecule has 0 unspecified atom stereocenters. The van der Waals surface area contributed by atoms with Gasteiger partial charge in [-0.15, -0.1) is 0 Å². The first-order valence-corrected chi connectivity index (χ1v) is 9.66. The third-order valence-corrected chi connectivity index (χ3v) is 4.96. The third kappa shape index (κ3) is 5.41. The molecule has 0 atom stereocenters. The molecular formula is C22H26N4S. The fraction of sp³-hybridized carbons (Fsp3) is 0.273. The van der Waals surface area contributed by atoms with E-state index in [2.05, 4.69) is 77.7 Å². The Labute approximate surface area is 166 Å². The van der Waals surface area contributed by atoms with Gasteiger partial charge in [0.15, 0.2) is 5.11 Å². The van der Waals surface area contributed by atoms with Crippen molar-refractivity contribution >= 4 is 17.3 Å². The molecule has 3 aromatic rings. The van der Waals surface area contributed by atoms with Crippen molar-refractivity contribution in [3.05, 3.63) is 88.7 Å². The van der Waals surface area contributed by atoms with Gasteiger partial charge in [-0.2, -0.15) is 5.10 Å². The Morgan fingerprint density at radius 1 is 0.926 bits per heavy atom. The maximum absolute atomic E-state index is 5.42. The number of hydrogen-bond acceptors (Lipinski definition) is 2. The maximum Gasteiger partial charge on any atom is 0.166 e. The van der Waals surface area contributed by atoms with E-state index in [1.165, 1.54) is 22.4 Å². The quantitative estimate of drug-likeness (QED) is 0.615. The van der Waals surface area contributed by atoms with Crippen LogP contribution < -0.4 is 10.6 Å². The van der Waals surface area contributed by atoms with Crippen LogP contribution in [-0.4, -0.2) is 21.4 Å². The van der Waals surface area contributed by atoms with E-state index < -0.39 is 0 Å². The summed E-state index contributed by atoms with van der Waals surface area (Å²) in [4.78, 5) is 0. The number of nitrogens with one attached hydrogen (secondary N) is 2. The zero-order chi connectivity index (χ0) is 19.1. The third-order valence-electron chi connectivity index (χ3n) is 4.67. The molecule has 0 fully saturated rings. The molecule has 0 aliphatic carbocycles. The highest BCUT2D eigenvalue weighted by atomic mass is 32.1. The molecule has 4 nitrogen and oxygen atoms in total. The van der Waals surface area contributed by atoms with Crippen LogP contribution in [0.3, 0.4) is 0 Å². The highest BCUT2D eigenvalue weighted by Gasteiger charge is 2.12.